The first-order valence-corrected chi connectivity index (χ1v) is 7.52. The molecule has 0 heterocycles. The zero-order valence-corrected chi connectivity index (χ0v) is 13.2. The van der Waals surface area contributed by atoms with Gasteiger partial charge in [0.15, 0.2) is 0 Å². The molecule has 19 heavy (non-hydrogen) atoms. The molecule has 0 aliphatic rings. The zero-order valence-electron chi connectivity index (χ0n) is 13.2. The summed E-state index contributed by atoms with van der Waals surface area (Å²) in [6.07, 6.45) is 2.46. The highest BCUT2D eigenvalue weighted by molar-refractivity contribution is 5.43. The Kier molecular flexibility index (Phi) is 6.93. The van der Waals surface area contributed by atoms with Crippen molar-refractivity contribution in [2.24, 2.45) is 5.92 Å². The first-order chi connectivity index (χ1) is 9.08. The van der Waals surface area contributed by atoms with Crippen molar-refractivity contribution in [1.29, 1.82) is 0 Å². The van der Waals surface area contributed by atoms with Gasteiger partial charge in [0.1, 0.15) is 5.75 Å². The molecule has 0 aliphatic carbocycles. The van der Waals surface area contributed by atoms with Gasteiger partial charge in [-0.3, -0.25) is 0 Å². The van der Waals surface area contributed by atoms with Gasteiger partial charge in [0, 0.05) is 6.54 Å². The third kappa shape index (κ3) is 5.23. The number of hydrogen-bond acceptors (Lipinski definition) is 2. The first-order valence-electron chi connectivity index (χ1n) is 7.52. The molecule has 2 nitrogen and oxygen atoms in total. The Morgan fingerprint density at radius 2 is 1.79 bits per heavy atom. The Hall–Kier alpha value is -1.02. The SMILES string of the molecule is CCCC(C)COc1c(C)cc(CNCC)cc1C. The fourth-order valence-corrected chi connectivity index (χ4v) is 2.44. The van der Waals surface area contributed by atoms with E-state index >= 15 is 0 Å². The van der Waals surface area contributed by atoms with Crippen LogP contribution in [0, 0.1) is 19.8 Å². The second kappa shape index (κ2) is 8.21. The van der Waals surface area contributed by atoms with Crippen LogP contribution in [0.3, 0.4) is 0 Å². The van der Waals surface area contributed by atoms with Crippen molar-refractivity contribution in [1.82, 2.24) is 5.32 Å². The molecule has 0 fully saturated rings. The second-order valence-corrected chi connectivity index (χ2v) is 5.54. The van der Waals surface area contributed by atoms with Crippen LogP contribution >= 0.6 is 0 Å². The molecule has 0 amide bonds. The Balaban J connectivity index is 2.68. The molecule has 0 saturated heterocycles. The van der Waals surface area contributed by atoms with Gasteiger partial charge in [-0.2, -0.15) is 0 Å². The van der Waals surface area contributed by atoms with Gasteiger partial charge in [-0.1, -0.05) is 39.3 Å². The number of benzene rings is 1. The highest BCUT2D eigenvalue weighted by Crippen LogP contribution is 2.25. The van der Waals surface area contributed by atoms with Crippen LogP contribution in [-0.2, 0) is 6.54 Å². The van der Waals surface area contributed by atoms with Crippen molar-refractivity contribution in [3.63, 3.8) is 0 Å². The van der Waals surface area contributed by atoms with E-state index < -0.39 is 0 Å². The Morgan fingerprint density at radius 1 is 1.16 bits per heavy atom. The van der Waals surface area contributed by atoms with Crippen molar-refractivity contribution in [3.05, 3.63) is 28.8 Å². The Bertz CT molecular complexity index is 364. The molecule has 1 aromatic rings. The van der Waals surface area contributed by atoms with E-state index in [0.29, 0.717) is 5.92 Å². The number of rotatable bonds is 8. The van der Waals surface area contributed by atoms with Crippen LogP contribution in [-0.4, -0.2) is 13.2 Å². The summed E-state index contributed by atoms with van der Waals surface area (Å²) >= 11 is 0. The summed E-state index contributed by atoms with van der Waals surface area (Å²) < 4.78 is 6.02. The monoisotopic (exact) mass is 263 g/mol. The Labute approximate surface area is 118 Å². The number of aryl methyl sites for hydroxylation is 2. The topological polar surface area (TPSA) is 21.3 Å². The van der Waals surface area contributed by atoms with Crippen LogP contribution in [0.5, 0.6) is 5.75 Å². The van der Waals surface area contributed by atoms with E-state index in [9.17, 15) is 0 Å². The summed E-state index contributed by atoms with van der Waals surface area (Å²) in [5.41, 5.74) is 3.83. The minimum Gasteiger partial charge on any atom is -0.493 e. The summed E-state index contributed by atoms with van der Waals surface area (Å²) in [5, 5.41) is 3.36. The van der Waals surface area contributed by atoms with E-state index in [2.05, 4.69) is 52.1 Å². The molecule has 1 rings (SSSR count). The van der Waals surface area contributed by atoms with Crippen molar-refractivity contribution < 1.29 is 4.74 Å². The fourth-order valence-electron chi connectivity index (χ4n) is 2.44. The Morgan fingerprint density at radius 3 is 2.32 bits per heavy atom. The first kappa shape index (κ1) is 16.0. The van der Waals surface area contributed by atoms with E-state index in [-0.39, 0.29) is 0 Å². The van der Waals surface area contributed by atoms with Gasteiger partial charge in [0.25, 0.3) is 0 Å². The van der Waals surface area contributed by atoms with Crippen LogP contribution < -0.4 is 10.1 Å². The van der Waals surface area contributed by atoms with E-state index in [1.165, 1.54) is 29.5 Å². The lowest BCUT2D eigenvalue weighted by Gasteiger charge is -2.17. The lowest BCUT2D eigenvalue weighted by molar-refractivity contribution is 0.248. The minimum atomic E-state index is 0.630. The van der Waals surface area contributed by atoms with Crippen LogP contribution in [0.2, 0.25) is 0 Å². The van der Waals surface area contributed by atoms with Crippen LogP contribution in [0.15, 0.2) is 12.1 Å². The molecule has 0 spiro atoms. The fraction of sp³-hybridized carbons (Fsp3) is 0.647. The minimum absolute atomic E-state index is 0.630. The molecular formula is C17H29NO. The molecule has 108 valence electrons. The maximum atomic E-state index is 6.02. The van der Waals surface area contributed by atoms with Crippen LogP contribution in [0.25, 0.3) is 0 Å². The average Bonchev–Trinajstić information content (AvgIpc) is 2.35. The molecule has 0 saturated carbocycles. The number of ether oxygens (including phenoxy) is 1. The van der Waals surface area contributed by atoms with Gasteiger partial charge >= 0.3 is 0 Å². The maximum Gasteiger partial charge on any atom is 0.125 e. The molecule has 1 atom stereocenters. The molecule has 0 aliphatic heterocycles. The summed E-state index contributed by atoms with van der Waals surface area (Å²) in [7, 11) is 0. The average molecular weight is 263 g/mol. The molecular weight excluding hydrogens is 234 g/mol. The normalized spacial score (nSPS) is 12.5. The van der Waals surface area contributed by atoms with Crippen molar-refractivity contribution >= 4 is 0 Å². The summed E-state index contributed by atoms with van der Waals surface area (Å²) in [5.74, 6) is 1.70. The van der Waals surface area contributed by atoms with E-state index in [1.807, 2.05) is 0 Å². The molecule has 0 radical (unpaired) electrons. The smallest absolute Gasteiger partial charge is 0.125 e. The van der Waals surface area contributed by atoms with Crippen LogP contribution in [0.4, 0.5) is 0 Å². The maximum absolute atomic E-state index is 6.02. The van der Waals surface area contributed by atoms with E-state index in [0.717, 1.165) is 25.4 Å². The lowest BCUT2D eigenvalue weighted by atomic mass is 10.0. The third-order valence-electron chi connectivity index (χ3n) is 3.39. The highest BCUT2D eigenvalue weighted by Gasteiger charge is 2.08. The van der Waals surface area contributed by atoms with Crippen molar-refractivity contribution in [3.8, 4) is 5.75 Å². The molecule has 1 aromatic carbocycles. The summed E-state index contributed by atoms with van der Waals surface area (Å²) in [6, 6.07) is 4.46. The van der Waals surface area contributed by atoms with Crippen molar-refractivity contribution in [2.75, 3.05) is 13.2 Å². The second-order valence-electron chi connectivity index (χ2n) is 5.54. The molecule has 0 aromatic heterocycles. The standard InChI is InChI=1S/C17H29NO/c1-6-8-13(3)12-19-17-14(4)9-16(10-15(17)5)11-18-7-2/h9-10,13,18H,6-8,11-12H2,1-5H3. The summed E-state index contributed by atoms with van der Waals surface area (Å²) in [6.45, 7) is 13.7. The highest BCUT2D eigenvalue weighted by atomic mass is 16.5. The predicted molar refractivity (Wildman–Crippen MR) is 82.9 cm³/mol. The third-order valence-corrected chi connectivity index (χ3v) is 3.39. The van der Waals surface area contributed by atoms with Gasteiger partial charge in [0.05, 0.1) is 6.61 Å². The number of hydrogen-bond donors (Lipinski definition) is 1. The van der Waals surface area contributed by atoms with Gasteiger partial charge in [-0.15, -0.1) is 0 Å². The molecule has 1 unspecified atom stereocenters. The van der Waals surface area contributed by atoms with E-state index in [4.69, 9.17) is 4.74 Å². The largest absolute Gasteiger partial charge is 0.493 e. The molecule has 1 N–H and O–H groups in total. The number of nitrogens with one attached hydrogen (secondary N) is 1. The predicted octanol–water partition coefficient (Wildman–Crippen LogP) is 4.23. The summed E-state index contributed by atoms with van der Waals surface area (Å²) in [4.78, 5) is 0. The quantitative estimate of drug-likeness (QED) is 0.758. The van der Waals surface area contributed by atoms with E-state index in [1.54, 1.807) is 0 Å². The lowest BCUT2D eigenvalue weighted by Crippen LogP contribution is -2.13. The van der Waals surface area contributed by atoms with Gasteiger partial charge in [-0.25, -0.2) is 0 Å². The molecule has 2 heteroatoms. The van der Waals surface area contributed by atoms with Gasteiger partial charge in [0.2, 0.25) is 0 Å². The van der Waals surface area contributed by atoms with Crippen LogP contribution in [0.1, 0.15) is 50.3 Å². The van der Waals surface area contributed by atoms with Gasteiger partial charge < -0.3 is 10.1 Å². The molecule has 0 bridgehead atoms. The van der Waals surface area contributed by atoms with Crippen molar-refractivity contribution in [2.45, 2.75) is 54.0 Å². The zero-order chi connectivity index (χ0) is 14.3. The van der Waals surface area contributed by atoms with Gasteiger partial charge in [-0.05, 0) is 49.4 Å².